The van der Waals surface area contributed by atoms with Crippen LogP contribution in [0.3, 0.4) is 0 Å². The van der Waals surface area contributed by atoms with Gasteiger partial charge in [0.2, 0.25) is 6.79 Å². The maximum absolute atomic E-state index is 10.2. The van der Waals surface area contributed by atoms with E-state index in [1.807, 2.05) is 13.0 Å². The molecule has 21 heavy (non-hydrogen) atoms. The van der Waals surface area contributed by atoms with E-state index in [-0.39, 0.29) is 0 Å². The van der Waals surface area contributed by atoms with E-state index in [0.29, 0.717) is 19.4 Å². The number of hydrogen-bond donors (Lipinski definition) is 2. The summed E-state index contributed by atoms with van der Waals surface area (Å²) in [6.07, 6.45) is 3.84. The van der Waals surface area contributed by atoms with Crippen molar-refractivity contribution in [3.63, 3.8) is 0 Å². The van der Waals surface area contributed by atoms with Crippen LogP contribution in [-0.2, 0) is 6.42 Å². The van der Waals surface area contributed by atoms with Crippen LogP contribution in [0.15, 0.2) is 18.2 Å². The molecule has 1 aliphatic rings. The molecule has 1 aliphatic heterocycles. The zero-order chi connectivity index (χ0) is 15.3. The first-order valence-corrected chi connectivity index (χ1v) is 7.84. The largest absolute Gasteiger partial charge is 0.454 e. The van der Waals surface area contributed by atoms with Crippen molar-refractivity contribution in [2.75, 3.05) is 13.3 Å². The van der Waals surface area contributed by atoms with Crippen LogP contribution in [-0.4, -0.2) is 30.1 Å². The quantitative estimate of drug-likeness (QED) is 0.774. The molecule has 4 nitrogen and oxygen atoms in total. The number of aryl methyl sites for hydroxylation is 1. The Bertz CT molecular complexity index is 459. The molecule has 2 rings (SSSR count). The molecule has 2 atom stereocenters. The van der Waals surface area contributed by atoms with Crippen LogP contribution in [0.1, 0.15) is 45.6 Å². The first kappa shape index (κ1) is 16.1. The molecule has 2 unspecified atom stereocenters. The van der Waals surface area contributed by atoms with Gasteiger partial charge in [-0.3, -0.25) is 0 Å². The summed E-state index contributed by atoms with van der Waals surface area (Å²) in [6.45, 7) is 7.12. The molecule has 0 bridgehead atoms. The van der Waals surface area contributed by atoms with Crippen LogP contribution in [0, 0.1) is 0 Å². The van der Waals surface area contributed by atoms with Gasteiger partial charge in [0.1, 0.15) is 0 Å². The summed E-state index contributed by atoms with van der Waals surface area (Å²) < 4.78 is 10.7. The minimum Gasteiger partial charge on any atom is -0.454 e. The Hall–Kier alpha value is -1.26. The lowest BCUT2D eigenvalue weighted by molar-refractivity contribution is 0.0474. The van der Waals surface area contributed by atoms with Gasteiger partial charge in [0, 0.05) is 12.6 Å². The molecule has 1 aromatic rings. The number of benzene rings is 1. The van der Waals surface area contributed by atoms with Crippen molar-refractivity contribution in [2.24, 2.45) is 0 Å². The Morgan fingerprint density at radius 2 is 2.10 bits per heavy atom. The van der Waals surface area contributed by atoms with Crippen LogP contribution in [0.4, 0.5) is 0 Å². The van der Waals surface area contributed by atoms with Gasteiger partial charge in [-0.1, -0.05) is 19.4 Å². The zero-order valence-corrected chi connectivity index (χ0v) is 13.3. The Kier molecular flexibility index (Phi) is 5.48. The zero-order valence-electron chi connectivity index (χ0n) is 13.3. The predicted octanol–water partition coefficient (Wildman–Crippen LogP) is 2.88. The lowest BCUT2D eigenvalue weighted by Crippen LogP contribution is -2.41. The van der Waals surface area contributed by atoms with E-state index in [9.17, 15) is 5.11 Å². The molecule has 118 valence electrons. The molecular weight excluding hydrogens is 266 g/mol. The number of hydrogen-bond acceptors (Lipinski definition) is 4. The van der Waals surface area contributed by atoms with Gasteiger partial charge in [-0.15, -0.1) is 0 Å². The summed E-state index contributed by atoms with van der Waals surface area (Å²) in [5, 5.41) is 13.6. The number of aliphatic hydroxyl groups is 1. The Morgan fingerprint density at radius 3 is 2.86 bits per heavy atom. The molecule has 0 saturated heterocycles. The fraction of sp³-hybridized carbons (Fsp3) is 0.647. The molecule has 2 N–H and O–H groups in total. The van der Waals surface area contributed by atoms with Gasteiger partial charge in [0.25, 0.3) is 0 Å². The van der Waals surface area contributed by atoms with Gasteiger partial charge >= 0.3 is 0 Å². The first-order chi connectivity index (χ1) is 10.00. The van der Waals surface area contributed by atoms with Crippen molar-refractivity contribution in [3.05, 3.63) is 23.8 Å². The monoisotopic (exact) mass is 293 g/mol. The topological polar surface area (TPSA) is 50.7 Å². The molecule has 0 aliphatic carbocycles. The van der Waals surface area contributed by atoms with Crippen molar-refractivity contribution in [3.8, 4) is 11.5 Å². The van der Waals surface area contributed by atoms with Gasteiger partial charge in [-0.05, 0) is 50.8 Å². The molecular formula is C17H27NO3. The highest BCUT2D eigenvalue weighted by molar-refractivity contribution is 5.44. The van der Waals surface area contributed by atoms with Crippen LogP contribution in [0.5, 0.6) is 11.5 Å². The lowest BCUT2D eigenvalue weighted by atomic mass is 9.99. The first-order valence-electron chi connectivity index (χ1n) is 7.84. The number of ether oxygens (including phenoxy) is 2. The van der Waals surface area contributed by atoms with E-state index in [2.05, 4.69) is 31.3 Å². The van der Waals surface area contributed by atoms with Crippen LogP contribution < -0.4 is 14.8 Å². The number of rotatable bonds is 8. The second-order valence-electron chi connectivity index (χ2n) is 6.26. The summed E-state index contributed by atoms with van der Waals surface area (Å²) in [6, 6.07) is 6.50. The minimum absolute atomic E-state index is 0.323. The van der Waals surface area contributed by atoms with Crippen LogP contribution in [0.25, 0.3) is 0 Å². The summed E-state index contributed by atoms with van der Waals surface area (Å²) in [7, 11) is 0. The van der Waals surface area contributed by atoms with Crippen molar-refractivity contribution in [1.82, 2.24) is 5.32 Å². The Balaban J connectivity index is 1.75. The van der Waals surface area contributed by atoms with E-state index in [1.54, 1.807) is 0 Å². The lowest BCUT2D eigenvalue weighted by Gasteiger charge is -2.25. The molecule has 0 amide bonds. The predicted molar refractivity (Wildman–Crippen MR) is 83.9 cm³/mol. The average molecular weight is 293 g/mol. The molecule has 4 heteroatoms. The van der Waals surface area contributed by atoms with Crippen molar-refractivity contribution in [2.45, 2.75) is 58.1 Å². The van der Waals surface area contributed by atoms with E-state index in [0.717, 1.165) is 37.2 Å². The molecule has 1 aromatic carbocycles. The third-order valence-corrected chi connectivity index (χ3v) is 3.92. The third kappa shape index (κ3) is 4.90. The van der Waals surface area contributed by atoms with Crippen molar-refractivity contribution in [1.29, 1.82) is 0 Å². The van der Waals surface area contributed by atoms with Gasteiger partial charge in [-0.25, -0.2) is 0 Å². The normalized spacial score (nSPS) is 17.5. The Labute approximate surface area is 127 Å². The van der Waals surface area contributed by atoms with E-state index < -0.39 is 5.60 Å². The summed E-state index contributed by atoms with van der Waals surface area (Å²) >= 11 is 0. The second kappa shape index (κ2) is 7.14. The smallest absolute Gasteiger partial charge is 0.231 e. The highest BCUT2D eigenvalue weighted by Gasteiger charge is 2.19. The van der Waals surface area contributed by atoms with Crippen LogP contribution >= 0.6 is 0 Å². The standard InChI is InChI=1S/C17H27NO3/c1-4-9-17(3,19)11-18-13(2)5-6-14-7-8-15-16(10-14)21-12-20-15/h7-8,10,13,18-19H,4-6,9,11-12H2,1-3H3. The highest BCUT2D eigenvalue weighted by atomic mass is 16.7. The third-order valence-electron chi connectivity index (χ3n) is 3.92. The maximum Gasteiger partial charge on any atom is 0.231 e. The van der Waals surface area contributed by atoms with E-state index in [1.165, 1.54) is 5.56 Å². The van der Waals surface area contributed by atoms with Crippen molar-refractivity contribution < 1.29 is 14.6 Å². The van der Waals surface area contributed by atoms with E-state index in [4.69, 9.17) is 9.47 Å². The average Bonchev–Trinajstić information content (AvgIpc) is 2.90. The molecule has 0 spiro atoms. The SMILES string of the molecule is CCCC(C)(O)CNC(C)CCc1ccc2c(c1)OCO2. The van der Waals surface area contributed by atoms with Gasteiger partial charge < -0.3 is 19.9 Å². The fourth-order valence-electron chi connectivity index (χ4n) is 2.60. The van der Waals surface area contributed by atoms with Gasteiger partial charge in [0.15, 0.2) is 11.5 Å². The van der Waals surface area contributed by atoms with E-state index >= 15 is 0 Å². The fourth-order valence-corrected chi connectivity index (χ4v) is 2.60. The molecule has 1 heterocycles. The minimum atomic E-state index is -0.609. The Morgan fingerprint density at radius 1 is 1.33 bits per heavy atom. The molecule has 0 saturated carbocycles. The number of nitrogens with one attached hydrogen (secondary N) is 1. The summed E-state index contributed by atoms with van der Waals surface area (Å²) in [4.78, 5) is 0. The van der Waals surface area contributed by atoms with Gasteiger partial charge in [-0.2, -0.15) is 0 Å². The van der Waals surface area contributed by atoms with Gasteiger partial charge in [0.05, 0.1) is 5.60 Å². The molecule has 0 aromatic heterocycles. The highest BCUT2D eigenvalue weighted by Crippen LogP contribution is 2.32. The molecule has 0 fully saturated rings. The number of fused-ring (bicyclic) bond motifs is 1. The van der Waals surface area contributed by atoms with Crippen molar-refractivity contribution >= 4 is 0 Å². The summed E-state index contributed by atoms with van der Waals surface area (Å²) in [5.41, 5.74) is 0.648. The van der Waals surface area contributed by atoms with Crippen LogP contribution in [0.2, 0.25) is 0 Å². The maximum atomic E-state index is 10.2. The summed E-state index contributed by atoms with van der Waals surface area (Å²) in [5.74, 6) is 1.68. The molecule has 0 radical (unpaired) electrons. The second-order valence-corrected chi connectivity index (χ2v) is 6.26.